The Kier molecular flexibility index (Phi) is 5.06. The maximum absolute atomic E-state index is 12.0. The van der Waals surface area contributed by atoms with Gasteiger partial charge in [0.1, 0.15) is 5.75 Å². The predicted octanol–water partition coefficient (Wildman–Crippen LogP) is 2.31. The van der Waals surface area contributed by atoms with Crippen LogP contribution in [0, 0.1) is 5.92 Å². The number of benzene rings is 1. The molecular formula is C14H17F3N2O2. The summed E-state index contributed by atoms with van der Waals surface area (Å²) in [6.45, 7) is 2.48. The maximum Gasteiger partial charge on any atom is 0.573 e. The van der Waals surface area contributed by atoms with Crippen molar-refractivity contribution in [3.63, 3.8) is 0 Å². The molecule has 0 saturated carbocycles. The van der Waals surface area contributed by atoms with E-state index in [1.807, 2.05) is 0 Å². The molecule has 1 aliphatic rings. The summed E-state index contributed by atoms with van der Waals surface area (Å²) in [5, 5.41) is 6.05. The van der Waals surface area contributed by atoms with E-state index in [4.69, 9.17) is 0 Å². The van der Waals surface area contributed by atoms with E-state index in [0.29, 0.717) is 18.0 Å². The lowest BCUT2D eigenvalue weighted by Gasteiger charge is -2.22. The van der Waals surface area contributed by atoms with Crippen LogP contribution in [0.2, 0.25) is 0 Å². The number of piperidine rings is 1. The van der Waals surface area contributed by atoms with Crippen molar-refractivity contribution in [1.82, 2.24) is 10.6 Å². The van der Waals surface area contributed by atoms with Crippen LogP contribution >= 0.6 is 0 Å². The first-order valence-electron chi connectivity index (χ1n) is 6.79. The van der Waals surface area contributed by atoms with Gasteiger partial charge in [0.25, 0.3) is 5.91 Å². The lowest BCUT2D eigenvalue weighted by Crippen LogP contribution is -2.35. The molecule has 0 bridgehead atoms. The topological polar surface area (TPSA) is 50.4 Å². The number of amides is 1. The molecule has 0 unspecified atom stereocenters. The molecule has 0 atom stereocenters. The van der Waals surface area contributed by atoms with Gasteiger partial charge in [0.05, 0.1) is 0 Å². The highest BCUT2D eigenvalue weighted by atomic mass is 19.4. The molecule has 4 nitrogen and oxygen atoms in total. The fraction of sp³-hybridized carbons (Fsp3) is 0.500. The van der Waals surface area contributed by atoms with Gasteiger partial charge in [-0.05, 0) is 56.1 Å². The maximum atomic E-state index is 12.0. The third-order valence-electron chi connectivity index (χ3n) is 3.36. The minimum absolute atomic E-state index is 0.285. The highest BCUT2D eigenvalue weighted by Gasteiger charge is 2.31. The van der Waals surface area contributed by atoms with Crippen molar-refractivity contribution in [2.45, 2.75) is 19.2 Å². The fourth-order valence-electron chi connectivity index (χ4n) is 2.23. The minimum Gasteiger partial charge on any atom is -0.406 e. The summed E-state index contributed by atoms with van der Waals surface area (Å²) in [7, 11) is 0. The monoisotopic (exact) mass is 302 g/mol. The second kappa shape index (κ2) is 6.80. The zero-order chi connectivity index (χ0) is 15.3. The smallest absolute Gasteiger partial charge is 0.406 e. The number of alkyl halides is 3. The zero-order valence-corrected chi connectivity index (χ0v) is 11.4. The molecule has 0 aliphatic carbocycles. The summed E-state index contributed by atoms with van der Waals surface area (Å²) in [5.74, 6) is -0.174. The molecule has 0 aromatic heterocycles. The van der Waals surface area contributed by atoms with E-state index in [0.717, 1.165) is 38.1 Å². The first-order valence-corrected chi connectivity index (χ1v) is 6.79. The van der Waals surface area contributed by atoms with Crippen LogP contribution in [-0.4, -0.2) is 31.9 Å². The Hall–Kier alpha value is -1.76. The van der Waals surface area contributed by atoms with Gasteiger partial charge in [0.15, 0.2) is 0 Å². The van der Waals surface area contributed by atoms with E-state index in [9.17, 15) is 18.0 Å². The Labute approximate surface area is 120 Å². The lowest BCUT2D eigenvalue weighted by molar-refractivity contribution is -0.274. The normalized spacial score (nSPS) is 16.5. The number of hydrogen-bond acceptors (Lipinski definition) is 3. The Bertz CT molecular complexity index is 468. The molecule has 1 fully saturated rings. The van der Waals surface area contributed by atoms with Gasteiger partial charge in [-0.1, -0.05) is 0 Å². The highest BCUT2D eigenvalue weighted by molar-refractivity contribution is 5.94. The predicted molar refractivity (Wildman–Crippen MR) is 71.1 cm³/mol. The van der Waals surface area contributed by atoms with Gasteiger partial charge in [-0.15, -0.1) is 13.2 Å². The molecule has 1 aliphatic heterocycles. The molecule has 0 radical (unpaired) electrons. The minimum atomic E-state index is -4.72. The van der Waals surface area contributed by atoms with Crippen LogP contribution in [0.15, 0.2) is 24.3 Å². The van der Waals surface area contributed by atoms with Gasteiger partial charge in [-0.3, -0.25) is 4.79 Å². The average molecular weight is 302 g/mol. The van der Waals surface area contributed by atoms with Crippen LogP contribution in [-0.2, 0) is 0 Å². The van der Waals surface area contributed by atoms with E-state index in [1.54, 1.807) is 0 Å². The molecule has 1 aromatic rings. The molecule has 0 spiro atoms. The van der Waals surface area contributed by atoms with Crippen molar-refractivity contribution in [2.24, 2.45) is 5.92 Å². The summed E-state index contributed by atoms with van der Waals surface area (Å²) in [5.41, 5.74) is 0.318. The Morgan fingerprint density at radius 2 is 1.86 bits per heavy atom. The van der Waals surface area contributed by atoms with Crippen LogP contribution in [0.4, 0.5) is 13.2 Å². The molecule has 116 valence electrons. The van der Waals surface area contributed by atoms with E-state index >= 15 is 0 Å². The second-order valence-electron chi connectivity index (χ2n) is 4.98. The van der Waals surface area contributed by atoms with Crippen molar-refractivity contribution >= 4 is 5.91 Å². The first-order chi connectivity index (χ1) is 9.94. The highest BCUT2D eigenvalue weighted by Crippen LogP contribution is 2.22. The number of carbonyl (C=O) groups is 1. The van der Waals surface area contributed by atoms with Crippen LogP contribution in [0.3, 0.4) is 0 Å². The number of carbonyl (C=O) groups excluding carboxylic acids is 1. The quantitative estimate of drug-likeness (QED) is 0.897. The average Bonchev–Trinajstić information content (AvgIpc) is 2.45. The van der Waals surface area contributed by atoms with Gasteiger partial charge in [0, 0.05) is 12.1 Å². The standard InChI is InChI=1S/C14H17F3N2O2/c15-14(16,17)21-12-3-1-11(2-4-12)13(20)19-9-10-5-7-18-8-6-10/h1-4,10,18H,5-9H2,(H,19,20). The molecule has 1 amide bonds. The van der Waals surface area contributed by atoms with Crippen LogP contribution in [0.25, 0.3) is 0 Å². The van der Waals surface area contributed by atoms with Crippen LogP contribution in [0.1, 0.15) is 23.2 Å². The SMILES string of the molecule is O=C(NCC1CCNCC1)c1ccc(OC(F)(F)F)cc1. The summed E-state index contributed by atoms with van der Waals surface area (Å²) in [6, 6.07) is 4.90. The van der Waals surface area contributed by atoms with Crippen molar-refractivity contribution in [2.75, 3.05) is 19.6 Å². The van der Waals surface area contributed by atoms with Gasteiger partial charge >= 0.3 is 6.36 Å². The Morgan fingerprint density at radius 3 is 2.43 bits per heavy atom. The molecule has 1 heterocycles. The second-order valence-corrected chi connectivity index (χ2v) is 4.98. The number of halogens is 3. The molecule has 2 N–H and O–H groups in total. The Morgan fingerprint density at radius 1 is 1.24 bits per heavy atom. The molecule has 1 aromatic carbocycles. The zero-order valence-electron chi connectivity index (χ0n) is 11.4. The third-order valence-corrected chi connectivity index (χ3v) is 3.36. The third kappa shape index (κ3) is 5.26. The van der Waals surface area contributed by atoms with Crippen molar-refractivity contribution in [3.05, 3.63) is 29.8 Å². The van der Waals surface area contributed by atoms with E-state index in [-0.39, 0.29) is 11.7 Å². The van der Waals surface area contributed by atoms with Crippen molar-refractivity contribution in [1.29, 1.82) is 0 Å². The fourth-order valence-corrected chi connectivity index (χ4v) is 2.23. The largest absolute Gasteiger partial charge is 0.573 e. The number of ether oxygens (including phenoxy) is 1. The molecule has 1 saturated heterocycles. The lowest BCUT2D eigenvalue weighted by atomic mass is 9.98. The summed E-state index contributed by atoms with van der Waals surface area (Å²) >= 11 is 0. The number of hydrogen-bond donors (Lipinski definition) is 2. The molecular weight excluding hydrogens is 285 g/mol. The summed E-state index contributed by atoms with van der Waals surface area (Å²) in [4.78, 5) is 11.9. The molecule has 2 rings (SSSR count). The van der Waals surface area contributed by atoms with Crippen molar-refractivity contribution in [3.8, 4) is 5.75 Å². The number of rotatable bonds is 4. The summed E-state index contributed by atoms with van der Waals surface area (Å²) in [6.07, 6.45) is -2.70. The van der Waals surface area contributed by atoms with Gasteiger partial charge in [-0.25, -0.2) is 0 Å². The van der Waals surface area contributed by atoms with E-state index in [2.05, 4.69) is 15.4 Å². The van der Waals surface area contributed by atoms with E-state index in [1.165, 1.54) is 12.1 Å². The molecule has 7 heteroatoms. The molecule has 21 heavy (non-hydrogen) atoms. The van der Waals surface area contributed by atoms with E-state index < -0.39 is 6.36 Å². The van der Waals surface area contributed by atoms with Gasteiger partial charge in [-0.2, -0.15) is 0 Å². The van der Waals surface area contributed by atoms with Crippen LogP contribution in [0.5, 0.6) is 5.75 Å². The van der Waals surface area contributed by atoms with Gasteiger partial charge < -0.3 is 15.4 Å². The van der Waals surface area contributed by atoms with Crippen molar-refractivity contribution < 1.29 is 22.7 Å². The first kappa shape index (κ1) is 15.6. The van der Waals surface area contributed by atoms with Gasteiger partial charge in [0.2, 0.25) is 0 Å². The van der Waals surface area contributed by atoms with Crippen LogP contribution < -0.4 is 15.4 Å². The Balaban J connectivity index is 1.84. The summed E-state index contributed by atoms with van der Waals surface area (Å²) < 4.78 is 39.8. The number of nitrogens with one attached hydrogen (secondary N) is 2.